The average molecular weight is 344 g/mol. The standard InChI is InChI=1S/C17H16N2O4S/c1-12-17(11-16(22-12)15-8-9-18-23-15)24(20,21)19-10-4-6-13-5-2-3-7-14(13)19/h2-3,5,7-9,11H,4,6,10H2,1H3. The van der Waals surface area contributed by atoms with E-state index in [9.17, 15) is 8.42 Å². The Labute approximate surface area is 139 Å². The molecule has 1 aliphatic heterocycles. The summed E-state index contributed by atoms with van der Waals surface area (Å²) in [5.74, 6) is 1.09. The molecule has 0 atom stereocenters. The van der Waals surface area contributed by atoms with Gasteiger partial charge in [-0.05, 0) is 31.4 Å². The molecule has 4 rings (SSSR count). The zero-order valence-corrected chi connectivity index (χ0v) is 13.9. The number of anilines is 1. The normalized spacial score (nSPS) is 14.6. The van der Waals surface area contributed by atoms with Crippen LogP contribution in [0.15, 0.2) is 56.4 Å². The van der Waals surface area contributed by atoms with Crippen molar-refractivity contribution < 1.29 is 17.4 Å². The van der Waals surface area contributed by atoms with Gasteiger partial charge < -0.3 is 8.94 Å². The molecule has 0 fully saturated rings. The fourth-order valence-electron chi connectivity index (χ4n) is 3.05. The predicted octanol–water partition coefficient (Wildman–Crippen LogP) is 3.38. The number of fused-ring (bicyclic) bond motifs is 1. The summed E-state index contributed by atoms with van der Waals surface area (Å²) in [5, 5.41) is 3.62. The van der Waals surface area contributed by atoms with E-state index in [2.05, 4.69) is 5.16 Å². The number of furan rings is 1. The van der Waals surface area contributed by atoms with Gasteiger partial charge in [-0.25, -0.2) is 8.42 Å². The van der Waals surface area contributed by atoms with Gasteiger partial charge in [0.1, 0.15) is 10.7 Å². The van der Waals surface area contributed by atoms with Crippen molar-refractivity contribution in [3.63, 3.8) is 0 Å². The van der Waals surface area contributed by atoms with Crippen LogP contribution in [0.3, 0.4) is 0 Å². The quantitative estimate of drug-likeness (QED) is 0.728. The highest BCUT2D eigenvalue weighted by molar-refractivity contribution is 7.92. The Bertz CT molecular complexity index is 974. The van der Waals surface area contributed by atoms with Crippen LogP contribution in [0.1, 0.15) is 17.7 Å². The van der Waals surface area contributed by atoms with Crippen LogP contribution in [0, 0.1) is 6.92 Å². The van der Waals surface area contributed by atoms with E-state index in [0.717, 1.165) is 24.1 Å². The number of rotatable bonds is 3. The third kappa shape index (κ3) is 2.32. The summed E-state index contributed by atoms with van der Waals surface area (Å²) in [4.78, 5) is 0.158. The second-order valence-corrected chi connectivity index (χ2v) is 7.55. The third-order valence-electron chi connectivity index (χ3n) is 4.19. The van der Waals surface area contributed by atoms with E-state index in [1.165, 1.54) is 16.6 Å². The van der Waals surface area contributed by atoms with Crippen LogP contribution in [0.25, 0.3) is 11.5 Å². The molecule has 0 saturated heterocycles. The molecule has 0 aliphatic carbocycles. The fourth-order valence-corrected chi connectivity index (χ4v) is 4.76. The molecule has 0 radical (unpaired) electrons. The number of para-hydroxylation sites is 1. The first-order valence-corrected chi connectivity index (χ1v) is 9.13. The first kappa shape index (κ1) is 15.0. The summed E-state index contributed by atoms with van der Waals surface area (Å²) in [7, 11) is -3.70. The number of hydrogen-bond acceptors (Lipinski definition) is 5. The summed E-state index contributed by atoms with van der Waals surface area (Å²) in [6.45, 7) is 2.10. The van der Waals surface area contributed by atoms with Gasteiger partial charge in [0, 0.05) is 18.7 Å². The zero-order valence-electron chi connectivity index (χ0n) is 13.1. The lowest BCUT2D eigenvalue weighted by Crippen LogP contribution is -2.35. The molecule has 0 N–H and O–H groups in total. The lowest BCUT2D eigenvalue weighted by molar-refractivity contribution is 0.414. The van der Waals surface area contributed by atoms with Crippen molar-refractivity contribution in [2.45, 2.75) is 24.7 Å². The monoisotopic (exact) mass is 344 g/mol. The molecule has 2 aromatic heterocycles. The van der Waals surface area contributed by atoms with Gasteiger partial charge >= 0.3 is 0 Å². The van der Waals surface area contributed by atoms with Gasteiger partial charge in [-0.1, -0.05) is 23.4 Å². The maximum atomic E-state index is 13.2. The average Bonchev–Trinajstić information content (AvgIpc) is 3.23. The SMILES string of the molecule is Cc1oc(-c2ccno2)cc1S(=O)(=O)N1CCCc2ccccc21. The first-order chi connectivity index (χ1) is 11.6. The fraction of sp³-hybridized carbons (Fsp3) is 0.235. The third-order valence-corrected chi connectivity index (χ3v) is 6.11. The Kier molecular flexibility index (Phi) is 3.45. The smallest absolute Gasteiger partial charge is 0.267 e. The van der Waals surface area contributed by atoms with Gasteiger partial charge in [-0.3, -0.25) is 4.31 Å². The van der Waals surface area contributed by atoms with E-state index < -0.39 is 10.0 Å². The van der Waals surface area contributed by atoms with E-state index in [4.69, 9.17) is 8.94 Å². The van der Waals surface area contributed by atoms with Gasteiger partial charge in [-0.15, -0.1) is 0 Å². The van der Waals surface area contributed by atoms with Crippen LogP contribution >= 0.6 is 0 Å². The lowest BCUT2D eigenvalue weighted by atomic mass is 10.0. The Balaban J connectivity index is 1.80. The number of nitrogens with zero attached hydrogens (tertiary/aromatic N) is 2. The Morgan fingerprint density at radius 3 is 2.79 bits per heavy atom. The number of sulfonamides is 1. The van der Waals surface area contributed by atoms with E-state index in [1.54, 1.807) is 13.0 Å². The van der Waals surface area contributed by atoms with Gasteiger partial charge in [0.25, 0.3) is 10.0 Å². The van der Waals surface area contributed by atoms with Crippen LogP contribution in [-0.4, -0.2) is 20.1 Å². The van der Waals surface area contributed by atoms with Gasteiger partial charge in [-0.2, -0.15) is 0 Å². The zero-order chi connectivity index (χ0) is 16.7. The van der Waals surface area contributed by atoms with Crippen molar-refractivity contribution >= 4 is 15.7 Å². The van der Waals surface area contributed by atoms with E-state index in [0.29, 0.717) is 23.8 Å². The highest BCUT2D eigenvalue weighted by Crippen LogP contribution is 2.35. The predicted molar refractivity (Wildman–Crippen MR) is 88.2 cm³/mol. The van der Waals surface area contributed by atoms with Crippen molar-refractivity contribution in [3.8, 4) is 11.5 Å². The molecular formula is C17H16N2O4S. The van der Waals surface area contributed by atoms with Crippen LogP contribution in [-0.2, 0) is 16.4 Å². The molecule has 3 aromatic rings. The molecule has 7 heteroatoms. The minimum Gasteiger partial charge on any atom is -0.456 e. The maximum absolute atomic E-state index is 13.2. The number of aryl methyl sites for hydroxylation is 2. The molecule has 6 nitrogen and oxygen atoms in total. The molecule has 0 bridgehead atoms. The molecular weight excluding hydrogens is 328 g/mol. The second kappa shape index (κ2) is 5.52. The molecule has 3 heterocycles. The number of benzene rings is 1. The van der Waals surface area contributed by atoms with Crippen molar-refractivity contribution in [2.75, 3.05) is 10.8 Å². The number of hydrogen-bond donors (Lipinski definition) is 0. The summed E-state index contributed by atoms with van der Waals surface area (Å²) < 4.78 is 38.4. The molecule has 0 spiro atoms. The second-order valence-electron chi connectivity index (χ2n) is 5.72. The number of aromatic nitrogens is 1. The van der Waals surface area contributed by atoms with Gasteiger partial charge in [0.05, 0.1) is 11.9 Å². The van der Waals surface area contributed by atoms with Crippen molar-refractivity contribution in [2.24, 2.45) is 0 Å². The van der Waals surface area contributed by atoms with Crippen LogP contribution in [0.2, 0.25) is 0 Å². The highest BCUT2D eigenvalue weighted by atomic mass is 32.2. The summed E-state index contributed by atoms with van der Waals surface area (Å²) in [5.41, 5.74) is 1.79. The van der Waals surface area contributed by atoms with E-state index in [1.807, 2.05) is 24.3 Å². The molecule has 0 saturated carbocycles. The highest BCUT2D eigenvalue weighted by Gasteiger charge is 2.32. The molecule has 0 amide bonds. The summed E-state index contributed by atoms with van der Waals surface area (Å²) in [6.07, 6.45) is 3.17. The molecule has 0 unspecified atom stereocenters. The minimum atomic E-state index is -3.70. The van der Waals surface area contributed by atoms with Gasteiger partial charge in [0.2, 0.25) is 5.76 Å². The summed E-state index contributed by atoms with van der Waals surface area (Å²) >= 11 is 0. The Morgan fingerprint density at radius 2 is 2.00 bits per heavy atom. The largest absolute Gasteiger partial charge is 0.456 e. The Hall–Kier alpha value is -2.54. The molecule has 24 heavy (non-hydrogen) atoms. The van der Waals surface area contributed by atoms with Crippen LogP contribution in [0.4, 0.5) is 5.69 Å². The molecule has 1 aliphatic rings. The van der Waals surface area contributed by atoms with Gasteiger partial charge in [0.15, 0.2) is 5.76 Å². The Morgan fingerprint density at radius 1 is 1.17 bits per heavy atom. The van der Waals surface area contributed by atoms with Crippen LogP contribution in [0.5, 0.6) is 0 Å². The minimum absolute atomic E-state index is 0.158. The topological polar surface area (TPSA) is 76.5 Å². The van der Waals surface area contributed by atoms with E-state index >= 15 is 0 Å². The van der Waals surface area contributed by atoms with Crippen molar-refractivity contribution in [1.29, 1.82) is 0 Å². The van der Waals surface area contributed by atoms with Crippen LogP contribution < -0.4 is 4.31 Å². The van der Waals surface area contributed by atoms with Crippen molar-refractivity contribution in [3.05, 3.63) is 53.9 Å². The first-order valence-electron chi connectivity index (χ1n) is 7.69. The van der Waals surface area contributed by atoms with E-state index in [-0.39, 0.29) is 4.90 Å². The lowest BCUT2D eigenvalue weighted by Gasteiger charge is -2.30. The van der Waals surface area contributed by atoms with Crippen molar-refractivity contribution in [1.82, 2.24) is 5.16 Å². The molecule has 124 valence electrons. The maximum Gasteiger partial charge on any atom is 0.267 e. The molecule has 1 aromatic carbocycles. The summed E-state index contributed by atoms with van der Waals surface area (Å²) in [6, 6.07) is 10.7.